The summed E-state index contributed by atoms with van der Waals surface area (Å²) in [5.74, 6) is -0.748. The van der Waals surface area contributed by atoms with E-state index in [2.05, 4.69) is 30.3 Å². The summed E-state index contributed by atoms with van der Waals surface area (Å²) in [6.45, 7) is 4.99. The van der Waals surface area contributed by atoms with Crippen LogP contribution in [0.3, 0.4) is 0 Å². The standard InChI is InChI=1S/C27H34O7/c1-23(28)22-27(29)34-21-20-33-19-18-32-17-16-31-15-14-30-13-12-26(24-8-4-2-5-9-24)25-10-6-3-7-11-25/h2-12H,13-22H2,1H3. The van der Waals surface area contributed by atoms with Gasteiger partial charge >= 0.3 is 5.97 Å². The molecule has 0 spiro atoms. The second-order valence-corrected chi connectivity index (χ2v) is 7.36. The Kier molecular flexibility index (Phi) is 14.2. The van der Waals surface area contributed by atoms with Gasteiger partial charge < -0.3 is 23.7 Å². The van der Waals surface area contributed by atoms with Gasteiger partial charge in [-0.05, 0) is 23.6 Å². The molecule has 2 rings (SSSR count). The van der Waals surface area contributed by atoms with E-state index in [4.69, 9.17) is 23.7 Å². The van der Waals surface area contributed by atoms with Crippen LogP contribution in [0, 0.1) is 0 Å². The molecule has 7 heteroatoms. The van der Waals surface area contributed by atoms with E-state index in [1.54, 1.807) is 0 Å². The van der Waals surface area contributed by atoms with E-state index < -0.39 is 5.97 Å². The zero-order valence-electron chi connectivity index (χ0n) is 19.8. The van der Waals surface area contributed by atoms with Crippen molar-refractivity contribution in [1.29, 1.82) is 0 Å². The van der Waals surface area contributed by atoms with Gasteiger partial charge in [0, 0.05) is 0 Å². The summed E-state index contributed by atoms with van der Waals surface area (Å²) < 4.78 is 26.8. The van der Waals surface area contributed by atoms with Crippen LogP contribution in [0.2, 0.25) is 0 Å². The van der Waals surface area contributed by atoms with Crippen LogP contribution in [-0.4, -0.2) is 71.2 Å². The van der Waals surface area contributed by atoms with Crippen LogP contribution in [0.4, 0.5) is 0 Å². The van der Waals surface area contributed by atoms with Crippen molar-refractivity contribution in [3.05, 3.63) is 77.9 Å². The van der Waals surface area contributed by atoms with E-state index in [1.807, 2.05) is 36.4 Å². The molecule has 0 saturated carbocycles. The highest BCUT2D eigenvalue weighted by Crippen LogP contribution is 2.22. The molecule has 0 N–H and O–H groups in total. The maximum atomic E-state index is 11.2. The van der Waals surface area contributed by atoms with Crippen LogP contribution in [0.15, 0.2) is 66.7 Å². The normalized spacial score (nSPS) is 10.6. The Morgan fingerprint density at radius 3 is 1.56 bits per heavy atom. The molecule has 0 aliphatic heterocycles. The number of benzene rings is 2. The Balaban J connectivity index is 1.47. The summed E-state index contributed by atoms with van der Waals surface area (Å²) in [4.78, 5) is 21.9. The minimum Gasteiger partial charge on any atom is -0.463 e. The molecule has 0 bridgehead atoms. The fourth-order valence-corrected chi connectivity index (χ4v) is 2.99. The van der Waals surface area contributed by atoms with Crippen LogP contribution in [0.5, 0.6) is 0 Å². The highest BCUT2D eigenvalue weighted by molar-refractivity contribution is 5.94. The molecule has 0 aliphatic rings. The molecule has 0 unspecified atom stereocenters. The molecule has 0 radical (unpaired) electrons. The molecule has 7 nitrogen and oxygen atoms in total. The number of hydrogen-bond donors (Lipinski definition) is 0. The Bertz CT molecular complexity index is 808. The maximum absolute atomic E-state index is 11.2. The fourth-order valence-electron chi connectivity index (χ4n) is 2.99. The van der Waals surface area contributed by atoms with Gasteiger partial charge in [0.25, 0.3) is 0 Å². The van der Waals surface area contributed by atoms with Gasteiger partial charge in [-0.3, -0.25) is 9.59 Å². The molecule has 0 fully saturated rings. The Hall–Kier alpha value is -2.84. The Morgan fingerprint density at radius 1 is 0.647 bits per heavy atom. The van der Waals surface area contributed by atoms with Crippen molar-refractivity contribution >= 4 is 17.3 Å². The minimum absolute atomic E-state index is 0.128. The molecule has 184 valence electrons. The SMILES string of the molecule is CC(=O)CC(=O)OCCOCCOCCOCCOCC=C(c1ccccc1)c1ccccc1. The van der Waals surface area contributed by atoms with E-state index in [-0.39, 0.29) is 25.4 Å². The quantitative estimate of drug-likeness (QED) is 0.187. The number of carbonyl (C=O) groups excluding carboxylic acids is 2. The predicted octanol–water partition coefficient (Wildman–Crippen LogP) is 3.71. The number of ketones is 1. The zero-order valence-corrected chi connectivity index (χ0v) is 19.8. The summed E-state index contributed by atoms with van der Waals surface area (Å²) >= 11 is 0. The van der Waals surface area contributed by atoms with Crippen molar-refractivity contribution in [3.8, 4) is 0 Å². The molecule has 34 heavy (non-hydrogen) atoms. The third-order valence-corrected chi connectivity index (χ3v) is 4.57. The lowest BCUT2D eigenvalue weighted by atomic mass is 9.98. The average molecular weight is 471 g/mol. The first-order valence-electron chi connectivity index (χ1n) is 11.4. The lowest BCUT2D eigenvalue weighted by Gasteiger charge is -2.10. The molecule has 0 amide bonds. The van der Waals surface area contributed by atoms with Crippen LogP contribution in [0.25, 0.3) is 5.57 Å². The molecule has 0 aliphatic carbocycles. The van der Waals surface area contributed by atoms with E-state index in [0.29, 0.717) is 46.2 Å². The molecule has 0 atom stereocenters. The number of carbonyl (C=O) groups is 2. The lowest BCUT2D eigenvalue weighted by Crippen LogP contribution is -2.15. The monoisotopic (exact) mass is 470 g/mol. The first-order chi connectivity index (χ1) is 16.7. The van der Waals surface area contributed by atoms with Crippen LogP contribution < -0.4 is 0 Å². The smallest absolute Gasteiger partial charge is 0.313 e. The second kappa shape index (κ2) is 17.6. The number of hydrogen-bond acceptors (Lipinski definition) is 7. The van der Waals surface area contributed by atoms with Gasteiger partial charge in [0.15, 0.2) is 0 Å². The van der Waals surface area contributed by atoms with E-state index >= 15 is 0 Å². The minimum atomic E-state index is -0.530. The Morgan fingerprint density at radius 2 is 1.09 bits per heavy atom. The first kappa shape index (κ1) is 27.4. The second-order valence-electron chi connectivity index (χ2n) is 7.36. The van der Waals surface area contributed by atoms with Crippen molar-refractivity contribution in [1.82, 2.24) is 0 Å². The van der Waals surface area contributed by atoms with Gasteiger partial charge in [-0.2, -0.15) is 0 Å². The van der Waals surface area contributed by atoms with Gasteiger partial charge in [0.2, 0.25) is 0 Å². The summed E-state index contributed by atoms with van der Waals surface area (Å²) in [6.07, 6.45) is 1.89. The van der Waals surface area contributed by atoms with Crippen molar-refractivity contribution in [2.45, 2.75) is 13.3 Å². The number of ether oxygens (including phenoxy) is 5. The molecule has 2 aromatic rings. The molecular weight excluding hydrogens is 436 g/mol. The summed E-state index contributed by atoms with van der Waals surface area (Å²) in [5, 5.41) is 0. The third kappa shape index (κ3) is 12.4. The van der Waals surface area contributed by atoms with Crippen molar-refractivity contribution in [3.63, 3.8) is 0 Å². The summed E-state index contributed by atoms with van der Waals surface area (Å²) in [5.41, 5.74) is 3.46. The largest absolute Gasteiger partial charge is 0.463 e. The van der Waals surface area contributed by atoms with Crippen LogP contribution in [0.1, 0.15) is 24.5 Å². The maximum Gasteiger partial charge on any atom is 0.313 e. The van der Waals surface area contributed by atoms with Gasteiger partial charge in [-0.15, -0.1) is 0 Å². The third-order valence-electron chi connectivity index (χ3n) is 4.57. The summed E-state index contributed by atoms with van der Waals surface area (Å²) in [6, 6.07) is 20.5. The molecule has 0 aromatic heterocycles. The lowest BCUT2D eigenvalue weighted by molar-refractivity contribution is -0.147. The van der Waals surface area contributed by atoms with Crippen LogP contribution in [-0.2, 0) is 33.3 Å². The van der Waals surface area contributed by atoms with Gasteiger partial charge in [-0.1, -0.05) is 66.7 Å². The van der Waals surface area contributed by atoms with Crippen molar-refractivity contribution in [2.24, 2.45) is 0 Å². The zero-order chi connectivity index (χ0) is 24.3. The van der Waals surface area contributed by atoms with Gasteiger partial charge in [0.05, 0.1) is 52.9 Å². The van der Waals surface area contributed by atoms with E-state index in [9.17, 15) is 9.59 Å². The number of rotatable bonds is 18. The highest BCUT2D eigenvalue weighted by atomic mass is 16.6. The van der Waals surface area contributed by atoms with E-state index in [1.165, 1.54) is 6.92 Å². The molecular formula is C27H34O7. The average Bonchev–Trinajstić information content (AvgIpc) is 2.84. The Labute approximate surface area is 201 Å². The topological polar surface area (TPSA) is 80.3 Å². The number of Topliss-reactive ketones (excluding diaryl/α,β-unsaturated/α-hetero) is 1. The van der Waals surface area contributed by atoms with Crippen molar-refractivity contribution in [2.75, 3.05) is 59.5 Å². The summed E-state index contributed by atoms with van der Waals surface area (Å²) in [7, 11) is 0. The van der Waals surface area contributed by atoms with Gasteiger partial charge in [0.1, 0.15) is 18.8 Å². The number of esters is 1. The predicted molar refractivity (Wildman–Crippen MR) is 129 cm³/mol. The highest BCUT2D eigenvalue weighted by Gasteiger charge is 2.06. The van der Waals surface area contributed by atoms with E-state index in [0.717, 1.165) is 16.7 Å². The van der Waals surface area contributed by atoms with Crippen LogP contribution >= 0.6 is 0 Å². The van der Waals surface area contributed by atoms with Crippen molar-refractivity contribution < 1.29 is 33.3 Å². The van der Waals surface area contributed by atoms with Gasteiger partial charge in [-0.25, -0.2) is 0 Å². The molecule has 2 aromatic carbocycles. The molecule has 0 saturated heterocycles. The first-order valence-corrected chi connectivity index (χ1v) is 11.4. The molecule has 0 heterocycles. The fraction of sp³-hybridized carbons (Fsp3) is 0.407.